The molecular formula is C12H13BrFNO. The fourth-order valence-corrected chi connectivity index (χ4v) is 2.44. The number of carbonyl (C=O) groups excluding carboxylic acids is 1. The first-order chi connectivity index (χ1) is 7.59. The van der Waals surface area contributed by atoms with Gasteiger partial charge in [-0.25, -0.2) is 4.39 Å². The zero-order chi connectivity index (χ0) is 11.7. The van der Waals surface area contributed by atoms with Crippen molar-refractivity contribution in [3.05, 3.63) is 35.1 Å². The van der Waals surface area contributed by atoms with Gasteiger partial charge in [-0.1, -0.05) is 28.1 Å². The van der Waals surface area contributed by atoms with Gasteiger partial charge >= 0.3 is 0 Å². The molecule has 1 unspecified atom stereocenters. The Labute approximate surface area is 103 Å². The van der Waals surface area contributed by atoms with Crippen molar-refractivity contribution < 1.29 is 9.18 Å². The number of halogens is 2. The largest absolute Gasteiger partial charge is 0.337 e. The molecule has 86 valence electrons. The summed E-state index contributed by atoms with van der Waals surface area (Å²) in [5.41, 5.74) is 0.696. The maximum Gasteiger partial charge on any atom is 0.256 e. The third-order valence-electron chi connectivity index (χ3n) is 2.84. The Balaban J connectivity index is 2.24. The van der Waals surface area contributed by atoms with Gasteiger partial charge in [0.15, 0.2) is 0 Å². The Bertz CT molecular complexity index is 421. The van der Waals surface area contributed by atoms with Crippen molar-refractivity contribution >= 4 is 21.8 Å². The lowest BCUT2D eigenvalue weighted by Crippen LogP contribution is -2.29. The van der Waals surface area contributed by atoms with Crippen LogP contribution in [0.3, 0.4) is 0 Å². The number of carbonyl (C=O) groups is 1. The van der Waals surface area contributed by atoms with Gasteiger partial charge in [0.05, 0.1) is 5.56 Å². The van der Waals surface area contributed by atoms with Gasteiger partial charge < -0.3 is 4.90 Å². The second-order valence-corrected chi connectivity index (χ2v) is 5.37. The van der Waals surface area contributed by atoms with E-state index in [-0.39, 0.29) is 11.5 Å². The van der Waals surface area contributed by atoms with Crippen LogP contribution in [0.2, 0.25) is 0 Å². The van der Waals surface area contributed by atoms with Gasteiger partial charge in [0.25, 0.3) is 5.91 Å². The molecule has 1 amide bonds. The molecule has 16 heavy (non-hydrogen) atoms. The second-order valence-electron chi connectivity index (χ2n) is 4.07. The Hall–Kier alpha value is -0.900. The number of aryl methyl sites for hydroxylation is 1. The molecule has 1 saturated heterocycles. The highest BCUT2D eigenvalue weighted by molar-refractivity contribution is 9.09. The van der Waals surface area contributed by atoms with Crippen LogP contribution in [0.1, 0.15) is 22.3 Å². The Morgan fingerprint density at radius 1 is 1.56 bits per heavy atom. The van der Waals surface area contributed by atoms with Gasteiger partial charge in [0.2, 0.25) is 0 Å². The molecule has 1 aliphatic rings. The van der Waals surface area contributed by atoms with Crippen molar-refractivity contribution in [1.29, 1.82) is 0 Å². The van der Waals surface area contributed by atoms with Crippen LogP contribution >= 0.6 is 15.9 Å². The monoisotopic (exact) mass is 285 g/mol. The number of nitrogens with zero attached hydrogens (tertiary/aromatic N) is 1. The molecule has 0 aliphatic carbocycles. The molecule has 2 rings (SSSR count). The third-order valence-corrected chi connectivity index (χ3v) is 3.59. The molecule has 1 heterocycles. The number of alkyl halides is 1. The minimum absolute atomic E-state index is 0.182. The minimum atomic E-state index is -0.398. The van der Waals surface area contributed by atoms with E-state index in [0.717, 1.165) is 6.42 Å². The lowest BCUT2D eigenvalue weighted by Gasteiger charge is -2.16. The molecule has 0 aromatic heterocycles. The lowest BCUT2D eigenvalue weighted by atomic mass is 10.1. The molecule has 1 aliphatic heterocycles. The highest BCUT2D eigenvalue weighted by atomic mass is 79.9. The van der Waals surface area contributed by atoms with Crippen LogP contribution in [0.4, 0.5) is 4.39 Å². The predicted molar refractivity (Wildman–Crippen MR) is 64.4 cm³/mol. The first-order valence-corrected chi connectivity index (χ1v) is 6.19. The summed E-state index contributed by atoms with van der Waals surface area (Å²) >= 11 is 3.46. The lowest BCUT2D eigenvalue weighted by molar-refractivity contribution is 0.0788. The van der Waals surface area contributed by atoms with E-state index < -0.39 is 5.82 Å². The molecule has 0 N–H and O–H groups in total. The topological polar surface area (TPSA) is 20.3 Å². The maximum absolute atomic E-state index is 13.7. The van der Waals surface area contributed by atoms with Crippen LogP contribution in [-0.4, -0.2) is 28.7 Å². The molecule has 1 aromatic carbocycles. The SMILES string of the molecule is Cc1cccc(C(=O)N2CCC(Br)C2)c1F. The van der Waals surface area contributed by atoms with Crippen LogP contribution in [0, 0.1) is 12.7 Å². The number of hydrogen-bond donors (Lipinski definition) is 0. The van der Waals surface area contributed by atoms with Gasteiger partial charge in [0, 0.05) is 17.9 Å². The summed E-state index contributed by atoms with van der Waals surface area (Å²) in [6.07, 6.45) is 0.930. The zero-order valence-electron chi connectivity index (χ0n) is 9.04. The highest BCUT2D eigenvalue weighted by Crippen LogP contribution is 2.21. The Kier molecular flexibility index (Phi) is 3.28. The summed E-state index contributed by atoms with van der Waals surface area (Å²) in [6.45, 7) is 3.03. The van der Waals surface area contributed by atoms with E-state index in [0.29, 0.717) is 23.5 Å². The molecule has 1 aromatic rings. The third kappa shape index (κ3) is 2.12. The maximum atomic E-state index is 13.7. The molecule has 4 heteroatoms. The highest BCUT2D eigenvalue weighted by Gasteiger charge is 2.26. The summed E-state index contributed by atoms with van der Waals surface area (Å²) in [6, 6.07) is 4.93. The zero-order valence-corrected chi connectivity index (χ0v) is 10.6. The van der Waals surface area contributed by atoms with E-state index >= 15 is 0 Å². The Morgan fingerprint density at radius 2 is 2.31 bits per heavy atom. The Morgan fingerprint density at radius 3 is 2.94 bits per heavy atom. The van der Waals surface area contributed by atoms with Crippen LogP contribution < -0.4 is 0 Å². The van der Waals surface area contributed by atoms with Crippen LogP contribution in [0.25, 0.3) is 0 Å². The fourth-order valence-electron chi connectivity index (χ4n) is 1.89. The summed E-state index contributed by atoms with van der Waals surface area (Å²) in [5.74, 6) is -0.603. The van der Waals surface area contributed by atoms with E-state index in [1.165, 1.54) is 0 Å². The average molecular weight is 286 g/mol. The molecule has 1 atom stereocenters. The number of hydrogen-bond acceptors (Lipinski definition) is 1. The summed E-state index contributed by atoms with van der Waals surface area (Å²) in [7, 11) is 0. The van der Waals surface area contributed by atoms with E-state index in [4.69, 9.17) is 0 Å². The van der Waals surface area contributed by atoms with Crippen molar-refractivity contribution in [2.45, 2.75) is 18.2 Å². The fraction of sp³-hybridized carbons (Fsp3) is 0.417. The van der Waals surface area contributed by atoms with Gasteiger partial charge in [-0.15, -0.1) is 0 Å². The molecule has 0 spiro atoms. The van der Waals surface area contributed by atoms with Crippen molar-refractivity contribution in [3.63, 3.8) is 0 Å². The van der Waals surface area contributed by atoms with Crippen molar-refractivity contribution in [2.24, 2.45) is 0 Å². The standard InChI is InChI=1S/C12H13BrFNO/c1-8-3-2-4-10(11(8)14)12(16)15-6-5-9(13)7-15/h2-4,9H,5-7H2,1H3. The predicted octanol–water partition coefficient (Wildman–Crippen LogP) is 2.74. The van der Waals surface area contributed by atoms with Crippen LogP contribution in [-0.2, 0) is 0 Å². The van der Waals surface area contributed by atoms with Crippen molar-refractivity contribution in [3.8, 4) is 0 Å². The molecule has 0 radical (unpaired) electrons. The summed E-state index contributed by atoms with van der Waals surface area (Å²) < 4.78 is 13.7. The number of likely N-dealkylation sites (tertiary alicyclic amines) is 1. The smallest absolute Gasteiger partial charge is 0.256 e. The quantitative estimate of drug-likeness (QED) is 0.727. The summed E-state index contributed by atoms with van der Waals surface area (Å²) in [4.78, 5) is 14.1. The van der Waals surface area contributed by atoms with E-state index in [1.54, 1.807) is 30.0 Å². The molecule has 0 saturated carbocycles. The molecule has 0 bridgehead atoms. The molecule has 2 nitrogen and oxygen atoms in total. The van der Waals surface area contributed by atoms with Crippen molar-refractivity contribution in [2.75, 3.05) is 13.1 Å². The normalized spacial score (nSPS) is 20.2. The van der Waals surface area contributed by atoms with Gasteiger partial charge in [-0.05, 0) is 25.0 Å². The van der Waals surface area contributed by atoms with Crippen molar-refractivity contribution in [1.82, 2.24) is 4.90 Å². The molecular weight excluding hydrogens is 273 g/mol. The van der Waals surface area contributed by atoms with Crippen LogP contribution in [0.5, 0.6) is 0 Å². The second kappa shape index (κ2) is 4.53. The van der Waals surface area contributed by atoms with E-state index in [9.17, 15) is 9.18 Å². The summed E-state index contributed by atoms with van der Waals surface area (Å²) in [5, 5.41) is 0. The number of amides is 1. The van der Waals surface area contributed by atoms with Crippen LogP contribution in [0.15, 0.2) is 18.2 Å². The first kappa shape index (κ1) is 11.6. The van der Waals surface area contributed by atoms with Gasteiger partial charge in [-0.3, -0.25) is 4.79 Å². The number of rotatable bonds is 1. The van der Waals surface area contributed by atoms with Gasteiger partial charge in [-0.2, -0.15) is 0 Å². The first-order valence-electron chi connectivity index (χ1n) is 5.28. The molecule has 1 fully saturated rings. The minimum Gasteiger partial charge on any atom is -0.337 e. The number of benzene rings is 1. The van der Waals surface area contributed by atoms with E-state index in [1.807, 2.05) is 0 Å². The van der Waals surface area contributed by atoms with Gasteiger partial charge in [0.1, 0.15) is 5.82 Å². The van der Waals surface area contributed by atoms with E-state index in [2.05, 4.69) is 15.9 Å². The average Bonchev–Trinajstić information content (AvgIpc) is 2.68.